The average molecular weight is 440 g/mol. The molecule has 0 aliphatic carbocycles. The zero-order valence-corrected chi connectivity index (χ0v) is 18.8. The lowest BCUT2D eigenvalue weighted by Gasteiger charge is -2.12. The molecule has 0 saturated heterocycles. The topological polar surface area (TPSA) is 93.3 Å². The van der Waals surface area contributed by atoms with E-state index in [1.807, 2.05) is 43.3 Å². The molecule has 3 aromatic rings. The second-order valence-electron chi connectivity index (χ2n) is 7.00. The van der Waals surface area contributed by atoms with Gasteiger partial charge >= 0.3 is 0 Å². The van der Waals surface area contributed by atoms with Crippen molar-refractivity contribution in [2.45, 2.75) is 31.2 Å². The van der Waals surface area contributed by atoms with E-state index in [4.69, 9.17) is 9.47 Å². The number of anilines is 1. The Kier molecular flexibility index (Phi) is 7.36. The Bertz CT molecular complexity index is 1140. The van der Waals surface area contributed by atoms with E-state index < -0.39 is 0 Å². The van der Waals surface area contributed by atoms with Gasteiger partial charge in [-0.3, -0.25) is 9.59 Å². The Labute approximate surface area is 185 Å². The third-order valence-electron chi connectivity index (χ3n) is 4.68. The molecule has 0 unspecified atom stereocenters. The summed E-state index contributed by atoms with van der Waals surface area (Å²) in [4.78, 5) is 32.4. The molecule has 8 heteroatoms. The molecule has 1 aromatic heterocycles. The van der Waals surface area contributed by atoms with Gasteiger partial charge in [-0.2, -0.15) is 0 Å². The smallest absolute Gasteiger partial charge is 0.255 e. The second-order valence-corrected chi connectivity index (χ2v) is 7.97. The lowest BCUT2D eigenvalue weighted by Crippen LogP contribution is -2.24. The van der Waals surface area contributed by atoms with Crippen LogP contribution in [0.15, 0.2) is 52.4 Å². The van der Waals surface area contributed by atoms with Crippen LogP contribution in [0, 0.1) is 13.8 Å². The molecular formula is C23H25N3O4S. The highest BCUT2D eigenvalue weighted by molar-refractivity contribution is 7.98. The number of rotatable bonds is 8. The van der Waals surface area contributed by atoms with E-state index in [0.717, 1.165) is 16.9 Å². The lowest BCUT2D eigenvalue weighted by atomic mass is 10.1. The molecule has 0 atom stereocenters. The SMILES string of the molecule is COc1cccc(CSc2nc(C)c(CC(=O)Nc3cc(C)ccc3OC)c(=O)[nH]2)c1. The van der Waals surface area contributed by atoms with Crippen molar-refractivity contribution in [3.63, 3.8) is 0 Å². The van der Waals surface area contributed by atoms with Gasteiger partial charge in [-0.25, -0.2) is 4.98 Å². The van der Waals surface area contributed by atoms with Crippen molar-refractivity contribution >= 4 is 23.4 Å². The highest BCUT2D eigenvalue weighted by atomic mass is 32.2. The van der Waals surface area contributed by atoms with Crippen molar-refractivity contribution in [2.24, 2.45) is 0 Å². The maximum Gasteiger partial charge on any atom is 0.255 e. The number of hydrogen-bond donors (Lipinski definition) is 2. The van der Waals surface area contributed by atoms with Gasteiger partial charge in [0.25, 0.3) is 5.56 Å². The molecule has 162 valence electrons. The predicted octanol–water partition coefficient (Wildman–Crippen LogP) is 3.88. The molecule has 2 N–H and O–H groups in total. The summed E-state index contributed by atoms with van der Waals surface area (Å²) in [6.45, 7) is 3.66. The largest absolute Gasteiger partial charge is 0.497 e. The Morgan fingerprint density at radius 3 is 2.65 bits per heavy atom. The Morgan fingerprint density at radius 2 is 1.94 bits per heavy atom. The predicted molar refractivity (Wildman–Crippen MR) is 122 cm³/mol. The molecule has 1 amide bonds. The fourth-order valence-corrected chi connectivity index (χ4v) is 3.90. The first-order valence-corrected chi connectivity index (χ1v) is 10.7. The summed E-state index contributed by atoms with van der Waals surface area (Å²) < 4.78 is 10.5. The third-order valence-corrected chi connectivity index (χ3v) is 5.62. The van der Waals surface area contributed by atoms with Crippen LogP contribution in [0.5, 0.6) is 11.5 Å². The maximum absolute atomic E-state index is 12.6. The number of aromatic nitrogens is 2. The van der Waals surface area contributed by atoms with E-state index in [9.17, 15) is 9.59 Å². The zero-order valence-electron chi connectivity index (χ0n) is 17.9. The summed E-state index contributed by atoms with van der Waals surface area (Å²) in [6, 6.07) is 13.2. The van der Waals surface area contributed by atoms with E-state index >= 15 is 0 Å². The Hall–Kier alpha value is -3.26. The average Bonchev–Trinajstić information content (AvgIpc) is 2.75. The van der Waals surface area contributed by atoms with Crippen LogP contribution in [-0.2, 0) is 17.0 Å². The number of amides is 1. The van der Waals surface area contributed by atoms with Crippen molar-refractivity contribution in [3.8, 4) is 11.5 Å². The number of ether oxygens (including phenoxy) is 2. The molecule has 0 aliphatic rings. The fraction of sp³-hybridized carbons (Fsp3) is 0.261. The Balaban J connectivity index is 1.69. The second kappa shape index (κ2) is 10.2. The van der Waals surface area contributed by atoms with Gasteiger partial charge in [0.1, 0.15) is 11.5 Å². The minimum Gasteiger partial charge on any atom is -0.497 e. The van der Waals surface area contributed by atoms with Crippen LogP contribution in [0.25, 0.3) is 0 Å². The minimum atomic E-state index is -0.313. The molecule has 7 nitrogen and oxygen atoms in total. The number of benzene rings is 2. The maximum atomic E-state index is 12.6. The van der Waals surface area contributed by atoms with Crippen molar-refractivity contribution in [2.75, 3.05) is 19.5 Å². The standard InChI is InChI=1S/C23H25N3O4S/c1-14-8-9-20(30-4)19(10-14)25-21(27)12-18-15(2)24-23(26-22(18)28)31-13-16-6-5-7-17(11-16)29-3/h5-11H,12-13H2,1-4H3,(H,25,27)(H,24,26,28). The van der Waals surface area contributed by atoms with Gasteiger partial charge in [0.15, 0.2) is 5.16 Å². The molecule has 3 rings (SSSR count). The summed E-state index contributed by atoms with van der Waals surface area (Å²) >= 11 is 1.42. The molecular weight excluding hydrogens is 414 g/mol. The molecule has 31 heavy (non-hydrogen) atoms. The number of methoxy groups -OCH3 is 2. The molecule has 0 saturated carbocycles. The van der Waals surface area contributed by atoms with Crippen LogP contribution >= 0.6 is 11.8 Å². The molecule has 0 radical (unpaired) electrons. The van der Waals surface area contributed by atoms with E-state index in [1.165, 1.54) is 11.8 Å². The summed E-state index contributed by atoms with van der Waals surface area (Å²) in [5.41, 5.74) is 3.18. The number of aromatic amines is 1. The number of nitrogens with zero attached hydrogens (tertiary/aromatic N) is 1. The van der Waals surface area contributed by atoms with Gasteiger partial charge in [0.2, 0.25) is 5.91 Å². The number of hydrogen-bond acceptors (Lipinski definition) is 6. The zero-order chi connectivity index (χ0) is 22.4. The van der Waals surface area contributed by atoms with Gasteiger partial charge in [-0.15, -0.1) is 0 Å². The van der Waals surface area contributed by atoms with Gasteiger partial charge in [0, 0.05) is 17.0 Å². The number of aryl methyl sites for hydroxylation is 2. The van der Waals surface area contributed by atoms with Crippen molar-refractivity contribution in [1.82, 2.24) is 9.97 Å². The van der Waals surface area contributed by atoms with Crippen LogP contribution in [0.2, 0.25) is 0 Å². The fourth-order valence-electron chi connectivity index (χ4n) is 3.05. The number of carbonyl (C=O) groups excluding carboxylic acids is 1. The van der Waals surface area contributed by atoms with Crippen LogP contribution in [0.1, 0.15) is 22.4 Å². The molecule has 0 bridgehead atoms. The lowest BCUT2D eigenvalue weighted by molar-refractivity contribution is -0.115. The van der Waals surface area contributed by atoms with Crippen LogP contribution in [-0.4, -0.2) is 30.1 Å². The van der Waals surface area contributed by atoms with Crippen molar-refractivity contribution in [3.05, 3.63) is 75.2 Å². The van der Waals surface area contributed by atoms with Crippen molar-refractivity contribution < 1.29 is 14.3 Å². The van der Waals surface area contributed by atoms with Gasteiger partial charge in [-0.1, -0.05) is 30.0 Å². The summed E-state index contributed by atoms with van der Waals surface area (Å²) in [7, 11) is 3.17. The summed E-state index contributed by atoms with van der Waals surface area (Å²) in [6.07, 6.45) is -0.0773. The van der Waals surface area contributed by atoms with E-state index in [2.05, 4.69) is 15.3 Å². The molecule has 0 aliphatic heterocycles. The highest BCUT2D eigenvalue weighted by Crippen LogP contribution is 2.25. The molecule has 1 heterocycles. The minimum absolute atomic E-state index is 0.0773. The highest BCUT2D eigenvalue weighted by Gasteiger charge is 2.15. The van der Waals surface area contributed by atoms with Crippen molar-refractivity contribution in [1.29, 1.82) is 0 Å². The molecule has 2 aromatic carbocycles. The summed E-state index contributed by atoms with van der Waals surface area (Å²) in [5.74, 6) is 1.66. The Morgan fingerprint density at radius 1 is 1.13 bits per heavy atom. The first kappa shape index (κ1) is 22.4. The van der Waals surface area contributed by atoms with E-state index in [1.54, 1.807) is 27.2 Å². The molecule has 0 spiro atoms. The number of thioether (sulfide) groups is 1. The number of nitrogens with one attached hydrogen (secondary N) is 2. The monoisotopic (exact) mass is 439 g/mol. The first-order chi connectivity index (χ1) is 14.9. The van der Waals surface area contributed by atoms with Gasteiger partial charge in [0.05, 0.1) is 26.3 Å². The van der Waals surface area contributed by atoms with Crippen LogP contribution in [0.4, 0.5) is 5.69 Å². The van der Waals surface area contributed by atoms with Crippen LogP contribution < -0.4 is 20.3 Å². The van der Waals surface area contributed by atoms with Gasteiger partial charge in [-0.05, 0) is 49.2 Å². The normalized spacial score (nSPS) is 10.6. The third kappa shape index (κ3) is 5.88. The first-order valence-electron chi connectivity index (χ1n) is 9.69. The van der Waals surface area contributed by atoms with E-state index in [-0.39, 0.29) is 17.9 Å². The molecule has 0 fully saturated rings. The summed E-state index contributed by atoms with van der Waals surface area (Å²) in [5, 5.41) is 3.32. The number of H-pyrrole nitrogens is 1. The number of carbonyl (C=O) groups is 1. The van der Waals surface area contributed by atoms with Gasteiger partial charge < -0.3 is 19.8 Å². The quantitative estimate of drug-likeness (QED) is 0.409. The van der Waals surface area contributed by atoms with Crippen LogP contribution in [0.3, 0.4) is 0 Å². The van der Waals surface area contributed by atoms with E-state index in [0.29, 0.717) is 33.6 Å².